The average molecular weight is 560 g/mol. The van der Waals surface area contributed by atoms with Crippen LogP contribution in [0.15, 0.2) is 51.7 Å². The number of ether oxygens (including phenoxy) is 1. The second-order valence-corrected chi connectivity index (χ2v) is 9.13. The third-order valence-corrected chi connectivity index (χ3v) is 6.93. The van der Waals surface area contributed by atoms with Crippen molar-refractivity contribution >= 4 is 39.5 Å². The van der Waals surface area contributed by atoms with Gasteiger partial charge in [0.05, 0.1) is 31.2 Å². The molecule has 0 fully saturated rings. The van der Waals surface area contributed by atoms with Crippen LogP contribution < -0.4 is 0 Å². The monoisotopic (exact) mass is 558 g/mol. The molecule has 4 rings (SSSR count). The summed E-state index contributed by atoms with van der Waals surface area (Å²) < 4.78 is 13.1. The first-order valence-electron chi connectivity index (χ1n) is 11.3. The van der Waals surface area contributed by atoms with Crippen molar-refractivity contribution in [3.05, 3.63) is 75.1 Å². The fraction of sp³-hybridized carbons (Fsp3) is 0.269. The highest BCUT2D eigenvalue weighted by atomic mass is 79.9. The summed E-state index contributed by atoms with van der Waals surface area (Å²) in [4.78, 5) is 29.3. The summed E-state index contributed by atoms with van der Waals surface area (Å²) >= 11 is 9.98. The van der Waals surface area contributed by atoms with Gasteiger partial charge in [-0.05, 0) is 58.1 Å². The molecule has 0 unspecified atom stereocenters. The second-order valence-electron chi connectivity index (χ2n) is 7.98. The van der Waals surface area contributed by atoms with Crippen LogP contribution in [-0.4, -0.2) is 33.2 Å². The van der Waals surface area contributed by atoms with Gasteiger partial charge in [-0.3, -0.25) is 0 Å². The van der Waals surface area contributed by atoms with Crippen LogP contribution >= 0.6 is 27.5 Å². The Kier molecular flexibility index (Phi) is 7.62. The number of benzene rings is 1. The van der Waals surface area contributed by atoms with Crippen LogP contribution in [-0.2, 0) is 17.7 Å². The molecule has 2 aliphatic rings. The smallest absolute Gasteiger partial charge is 0.355 e. The van der Waals surface area contributed by atoms with Crippen LogP contribution in [0.5, 0.6) is 0 Å². The Morgan fingerprint density at radius 2 is 1.94 bits per heavy atom. The van der Waals surface area contributed by atoms with Crippen LogP contribution in [0.3, 0.4) is 0 Å². The number of carboxylic acids is 1. The maximum Gasteiger partial charge on any atom is 0.355 e. The van der Waals surface area contributed by atoms with E-state index in [2.05, 4.69) is 27.8 Å². The number of aromatic carboxylic acids is 1. The fourth-order valence-corrected chi connectivity index (χ4v) is 5.30. The van der Waals surface area contributed by atoms with Gasteiger partial charge in [-0.15, -0.1) is 0 Å². The number of aromatic nitrogens is 2. The van der Waals surface area contributed by atoms with Gasteiger partial charge in [-0.1, -0.05) is 43.1 Å². The molecule has 0 radical (unpaired) electrons. The quantitative estimate of drug-likeness (QED) is 0.223. The molecule has 7 nitrogen and oxygen atoms in total. The first-order chi connectivity index (χ1) is 16.9. The lowest BCUT2D eigenvalue weighted by Crippen LogP contribution is -2.14. The molecule has 0 bridgehead atoms. The number of imidazole rings is 1. The molecular formula is C26H24BrClN2O5. The summed E-state index contributed by atoms with van der Waals surface area (Å²) in [5.41, 5.74) is 4.25. The van der Waals surface area contributed by atoms with E-state index in [4.69, 9.17) is 20.8 Å². The molecule has 0 amide bonds. The Labute approximate surface area is 216 Å². The van der Waals surface area contributed by atoms with Gasteiger partial charge >= 0.3 is 11.9 Å². The van der Waals surface area contributed by atoms with E-state index in [9.17, 15) is 14.7 Å². The number of nitrogens with zero attached hydrogens (tertiary/aromatic N) is 2. The first kappa shape index (κ1) is 25.0. The van der Waals surface area contributed by atoms with Crippen LogP contribution in [0.1, 0.15) is 58.9 Å². The molecule has 1 aliphatic carbocycles. The summed E-state index contributed by atoms with van der Waals surface area (Å²) in [6.07, 6.45) is 5.55. The molecule has 182 valence electrons. The lowest BCUT2D eigenvalue weighted by atomic mass is 9.97. The van der Waals surface area contributed by atoms with Gasteiger partial charge in [-0.2, -0.15) is 0 Å². The molecule has 0 saturated carbocycles. The second kappa shape index (κ2) is 10.7. The number of aryl methyl sites for hydroxylation is 1. The lowest BCUT2D eigenvalue weighted by molar-refractivity contribution is 0.0526. The lowest BCUT2D eigenvalue weighted by Gasteiger charge is -2.15. The minimum absolute atomic E-state index is 0.0398. The van der Waals surface area contributed by atoms with Crippen LogP contribution in [0, 0.1) is 0 Å². The van der Waals surface area contributed by atoms with Gasteiger partial charge < -0.3 is 18.8 Å². The number of rotatable bonds is 9. The highest BCUT2D eigenvalue weighted by Gasteiger charge is 2.29. The van der Waals surface area contributed by atoms with Crippen LogP contribution in [0.25, 0.3) is 22.3 Å². The molecule has 35 heavy (non-hydrogen) atoms. The molecule has 2 heterocycles. The molecule has 1 aliphatic heterocycles. The maximum atomic E-state index is 12.8. The van der Waals surface area contributed by atoms with E-state index in [1.54, 1.807) is 36.1 Å². The predicted molar refractivity (Wildman–Crippen MR) is 136 cm³/mol. The van der Waals surface area contributed by atoms with E-state index < -0.39 is 11.9 Å². The Morgan fingerprint density at radius 3 is 2.66 bits per heavy atom. The van der Waals surface area contributed by atoms with Crippen LogP contribution in [0.2, 0.25) is 5.15 Å². The third kappa shape index (κ3) is 4.73. The van der Waals surface area contributed by atoms with E-state index in [1.807, 2.05) is 18.2 Å². The topological polar surface area (TPSA) is 94.6 Å². The third-order valence-electron chi connectivity index (χ3n) is 5.84. The highest BCUT2D eigenvalue weighted by molar-refractivity contribution is 9.10. The molecule has 0 saturated heterocycles. The van der Waals surface area contributed by atoms with Crippen molar-refractivity contribution in [2.75, 3.05) is 6.61 Å². The van der Waals surface area contributed by atoms with Crippen molar-refractivity contribution < 1.29 is 23.8 Å². The SMILES string of the molecule is CCCCc1nc(Cl)c(C(=O)O)n1Cc1c2ccocc-2c(Br)c1-c1ccccc1C(=O)OCC. The van der Waals surface area contributed by atoms with E-state index in [0.29, 0.717) is 23.4 Å². The Morgan fingerprint density at radius 1 is 1.17 bits per heavy atom. The molecular weight excluding hydrogens is 536 g/mol. The van der Waals surface area contributed by atoms with Crippen molar-refractivity contribution in [3.8, 4) is 22.3 Å². The first-order valence-corrected chi connectivity index (χ1v) is 12.5. The molecule has 0 atom stereocenters. The van der Waals surface area contributed by atoms with Crippen molar-refractivity contribution in [1.29, 1.82) is 0 Å². The number of carboxylic acid groups (broad SMARTS) is 1. The van der Waals surface area contributed by atoms with Gasteiger partial charge in [0.2, 0.25) is 0 Å². The minimum atomic E-state index is -1.15. The van der Waals surface area contributed by atoms with Crippen molar-refractivity contribution in [3.63, 3.8) is 0 Å². The zero-order valence-electron chi connectivity index (χ0n) is 19.3. The number of carbonyl (C=O) groups excluding carboxylic acids is 1. The van der Waals surface area contributed by atoms with Crippen LogP contribution in [0.4, 0.5) is 0 Å². The van der Waals surface area contributed by atoms with Gasteiger partial charge in [0, 0.05) is 22.0 Å². The number of fused-ring (bicyclic) bond motifs is 1. The molecule has 1 N–H and O–H groups in total. The number of hydrogen-bond acceptors (Lipinski definition) is 5. The number of hydrogen-bond donors (Lipinski definition) is 1. The summed E-state index contributed by atoms with van der Waals surface area (Å²) in [6, 6.07) is 9.02. The number of halogens is 2. The number of carbonyl (C=O) groups is 2. The minimum Gasteiger partial charge on any atom is -0.476 e. The zero-order valence-corrected chi connectivity index (χ0v) is 21.6. The summed E-state index contributed by atoms with van der Waals surface area (Å²) in [5, 5.41) is 9.87. The maximum absolute atomic E-state index is 12.8. The fourth-order valence-electron chi connectivity index (χ4n) is 4.26. The predicted octanol–water partition coefficient (Wildman–Crippen LogP) is 6.93. The standard InChI is InChI=1S/C26H24BrClN2O5/c1-3-5-10-20-29-24(28)23(25(31)32)30(20)13-18-15-11-12-34-14-19(15)22(27)21(18)16-8-6-7-9-17(16)26(33)35-4-2/h6-9,11-12,14H,3-5,10,13H2,1-2H3,(H,31,32). The van der Waals surface area contributed by atoms with Crippen molar-refractivity contribution in [1.82, 2.24) is 9.55 Å². The van der Waals surface area contributed by atoms with Gasteiger partial charge in [0.15, 0.2) is 10.8 Å². The summed E-state index contributed by atoms with van der Waals surface area (Å²) in [6.45, 7) is 4.26. The molecule has 0 spiro atoms. The molecule has 1 aromatic heterocycles. The van der Waals surface area contributed by atoms with Gasteiger partial charge in [0.25, 0.3) is 0 Å². The summed E-state index contributed by atoms with van der Waals surface area (Å²) in [7, 11) is 0. The Balaban J connectivity index is 1.97. The highest BCUT2D eigenvalue weighted by Crippen LogP contribution is 2.47. The Bertz CT molecular complexity index is 1360. The largest absolute Gasteiger partial charge is 0.476 e. The van der Waals surface area contributed by atoms with E-state index in [0.717, 1.165) is 39.6 Å². The van der Waals surface area contributed by atoms with Crippen molar-refractivity contribution in [2.45, 2.75) is 39.7 Å². The summed E-state index contributed by atoms with van der Waals surface area (Å²) in [5.74, 6) is -0.981. The molecule has 1 aromatic carbocycles. The average Bonchev–Trinajstić information content (AvgIpc) is 3.31. The number of esters is 1. The normalized spacial score (nSPS) is 11.2. The number of unbranched alkanes of at least 4 members (excludes halogenated alkanes) is 1. The van der Waals surface area contributed by atoms with Gasteiger partial charge in [0.1, 0.15) is 5.82 Å². The zero-order chi connectivity index (χ0) is 25.1. The van der Waals surface area contributed by atoms with Crippen molar-refractivity contribution in [2.24, 2.45) is 0 Å². The van der Waals surface area contributed by atoms with E-state index in [-0.39, 0.29) is 24.0 Å². The van der Waals surface area contributed by atoms with E-state index >= 15 is 0 Å². The molecule has 2 aromatic rings. The van der Waals surface area contributed by atoms with Gasteiger partial charge in [-0.25, -0.2) is 14.6 Å². The Hall–Kier alpha value is -3.10. The van der Waals surface area contributed by atoms with E-state index in [1.165, 1.54) is 0 Å². The molecule has 9 heteroatoms.